The Balaban J connectivity index is 2.54. The first-order valence-corrected chi connectivity index (χ1v) is 5.29. The Morgan fingerprint density at radius 1 is 1.20 bits per heavy atom. The zero-order chi connectivity index (χ0) is 11.0. The number of aryl methyl sites for hydroxylation is 2. The second-order valence-electron chi connectivity index (χ2n) is 3.42. The molecular formula is C11H10Cl2N2. The van der Waals surface area contributed by atoms with E-state index in [1.165, 1.54) is 0 Å². The number of aromatic nitrogens is 2. The van der Waals surface area contributed by atoms with Crippen molar-refractivity contribution >= 4 is 23.2 Å². The van der Waals surface area contributed by atoms with Crippen LogP contribution in [0, 0.1) is 6.92 Å². The number of hydrogen-bond acceptors (Lipinski definition) is 1. The standard InChI is InChI=1S/C11H10Cl2N2/c1-7-5-11(14-15(7)2)9-4-3-8(12)6-10(9)13/h3-6H,1-2H3. The second kappa shape index (κ2) is 3.87. The van der Waals surface area contributed by atoms with Crippen molar-refractivity contribution in [3.8, 4) is 11.3 Å². The summed E-state index contributed by atoms with van der Waals surface area (Å²) >= 11 is 11.9. The van der Waals surface area contributed by atoms with Gasteiger partial charge >= 0.3 is 0 Å². The van der Waals surface area contributed by atoms with E-state index < -0.39 is 0 Å². The van der Waals surface area contributed by atoms with Crippen LogP contribution in [0.15, 0.2) is 24.3 Å². The van der Waals surface area contributed by atoms with Gasteiger partial charge in [0.25, 0.3) is 0 Å². The van der Waals surface area contributed by atoms with Crippen LogP contribution in [0.5, 0.6) is 0 Å². The summed E-state index contributed by atoms with van der Waals surface area (Å²) < 4.78 is 1.82. The number of hydrogen-bond donors (Lipinski definition) is 0. The molecule has 0 atom stereocenters. The molecule has 1 heterocycles. The van der Waals surface area contributed by atoms with Crippen molar-refractivity contribution in [3.63, 3.8) is 0 Å². The molecule has 0 fully saturated rings. The second-order valence-corrected chi connectivity index (χ2v) is 4.26. The first-order chi connectivity index (χ1) is 7.08. The molecule has 78 valence electrons. The van der Waals surface area contributed by atoms with Gasteiger partial charge in [-0.2, -0.15) is 5.10 Å². The topological polar surface area (TPSA) is 17.8 Å². The lowest BCUT2D eigenvalue weighted by atomic mass is 10.1. The van der Waals surface area contributed by atoms with E-state index in [2.05, 4.69) is 5.10 Å². The molecule has 0 bridgehead atoms. The van der Waals surface area contributed by atoms with E-state index in [1.54, 1.807) is 6.07 Å². The van der Waals surface area contributed by atoms with Gasteiger partial charge in [-0.3, -0.25) is 4.68 Å². The number of benzene rings is 1. The molecule has 15 heavy (non-hydrogen) atoms. The minimum Gasteiger partial charge on any atom is -0.272 e. The molecule has 0 aliphatic rings. The van der Waals surface area contributed by atoms with Crippen LogP contribution in [-0.2, 0) is 7.05 Å². The molecule has 0 unspecified atom stereocenters. The van der Waals surface area contributed by atoms with Gasteiger partial charge in [0.15, 0.2) is 0 Å². The quantitative estimate of drug-likeness (QED) is 0.744. The zero-order valence-electron chi connectivity index (χ0n) is 8.46. The van der Waals surface area contributed by atoms with E-state index in [0.29, 0.717) is 10.0 Å². The normalized spacial score (nSPS) is 10.7. The van der Waals surface area contributed by atoms with Crippen LogP contribution in [0.4, 0.5) is 0 Å². The van der Waals surface area contributed by atoms with Crippen molar-refractivity contribution in [1.82, 2.24) is 9.78 Å². The summed E-state index contributed by atoms with van der Waals surface area (Å²) in [5.41, 5.74) is 2.87. The molecule has 0 saturated carbocycles. The van der Waals surface area contributed by atoms with Gasteiger partial charge in [-0.25, -0.2) is 0 Å². The van der Waals surface area contributed by atoms with E-state index in [1.807, 2.05) is 36.9 Å². The lowest BCUT2D eigenvalue weighted by Gasteiger charge is -2.00. The predicted octanol–water partition coefficient (Wildman–Crippen LogP) is 3.70. The van der Waals surface area contributed by atoms with Gasteiger partial charge < -0.3 is 0 Å². The molecule has 2 aromatic rings. The molecule has 4 heteroatoms. The predicted molar refractivity (Wildman–Crippen MR) is 63.4 cm³/mol. The molecule has 2 nitrogen and oxygen atoms in total. The molecule has 0 spiro atoms. The van der Waals surface area contributed by atoms with Crippen LogP contribution < -0.4 is 0 Å². The summed E-state index contributed by atoms with van der Waals surface area (Å²) in [6.07, 6.45) is 0. The molecule has 0 amide bonds. The van der Waals surface area contributed by atoms with Crippen LogP contribution >= 0.6 is 23.2 Å². The lowest BCUT2D eigenvalue weighted by Crippen LogP contribution is -1.92. The minimum atomic E-state index is 0.626. The summed E-state index contributed by atoms with van der Waals surface area (Å²) in [4.78, 5) is 0. The fourth-order valence-electron chi connectivity index (χ4n) is 1.39. The number of rotatable bonds is 1. The van der Waals surface area contributed by atoms with Gasteiger partial charge in [0.1, 0.15) is 0 Å². The highest BCUT2D eigenvalue weighted by Gasteiger charge is 2.08. The van der Waals surface area contributed by atoms with Crippen molar-refractivity contribution in [3.05, 3.63) is 40.0 Å². The van der Waals surface area contributed by atoms with Crippen molar-refractivity contribution < 1.29 is 0 Å². The Hall–Kier alpha value is -0.990. The summed E-state index contributed by atoms with van der Waals surface area (Å²) in [5.74, 6) is 0. The van der Waals surface area contributed by atoms with E-state index in [4.69, 9.17) is 23.2 Å². The first-order valence-electron chi connectivity index (χ1n) is 4.54. The minimum absolute atomic E-state index is 0.626. The van der Waals surface area contributed by atoms with E-state index >= 15 is 0 Å². The largest absolute Gasteiger partial charge is 0.272 e. The molecule has 1 aromatic heterocycles. The molecule has 1 aromatic carbocycles. The Morgan fingerprint density at radius 3 is 2.47 bits per heavy atom. The number of halogens is 2. The molecule has 0 saturated heterocycles. The van der Waals surface area contributed by atoms with Crippen LogP contribution in [0.2, 0.25) is 10.0 Å². The Kier molecular flexibility index (Phi) is 2.72. The van der Waals surface area contributed by atoms with E-state index in [9.17, 15) is 0 Å². The molecule has 0 aliphatic heterocycles. The SMILES string of the molecule is Cc1cc(-c2ccc(Cl)cc2Cl)nn1C. The average Bonchev–Trinajstić information content (AvgIpc) is 2.46. The summed E-state index contributed by atoms with van der Waals surface area (Å²) in [6.45, 7) is 2.00. The van der Waals surface area contributed by atoms with E-state index in [0.717, 1.165) is 17.0 Å². The van der Waals surface area contributed by atoms with Crippen LogP contribution in [0.1, 0.15) is 5.69 Å². The van der Waals surface area contributed by atoms with Gasteiger partial charge in [0.05, 0.1) is 10.7 Å². The van der Waals surface area contributed by atoms with Gasteiger partial charge in [0, 0.05) is 23.3 Å². The average molecular weight is 241 g/mol. The number of nitrogens with zero attached hydrogens (tertiary/aromatic N) is 2. The van der Waals surface area contributed by atoms with Crippen molar-refractivity contribution in [2.75, 3.05) is 0 Å². The summed E-state index contributed by atoms with van der Waals surface area (Å²) in [7, 11) is 1.91. The Labute approximate surface area is 98.4 Å². The molecule has 0 N–H and O–H groups in total. The lowest BCUT2D eigenvalue weighted by molar-refractivity contribution is 0.743. The van der Waals surface area contributed by atoms with Gasteiger partial charge in [-0.15, -0.1) is 0 Å². The molecule has 2 rings (SSSR count). The summed E-state index contributed by atoms with van der Waals surface area (Å²) in [6, 6.07) is 7.41. The van der Waals surface area contributed by atoms with Crippen molar-refractivity contribution in [2.45, 2.75) is 6.92 Å². The fraction of sp³-hybridized carbons (Fsp3) is 0.182. The van der Waals surface area contributed by atoms with Gasteiger partial charge in [-0.1, -0.05) is 23.2 Å². The maximum Gasteiger partial charge on any atom is 0.0940 e. The van der Waals surface area contributed by atoms with Gasteiger partial charge in [-0.05, 0) is 31.2 Å². The third kappa shape index (κ3) is 2.01. The first kappa shape index (κ1) is 10.5. The molecular weight excluding hydrogens is 231 g/mol. The monoisotopic (exact) mass is 240 g/mol. The fourth-order valence-corrected chi connectivity index (χ4v) is 1.89. The van der Waals surface area contributed by atoms with Crippen LogP contribution in [-0.4, -0.2) is 9.78 Å². The third-order valence-electron chi connectivity index (χ3n) is 2.32. The molecule has 0 aliphatic carbocycles. The smallest absolute Gasteiger partial charge is 0.0940 e. The van der Waals surface area contributed by atoms with E-state index in [-0.39, 0.29) is 0 Å². The Morgan fingerprint density at radius 2 is 1.93 bits per heavy atom. The molecule has 0 radical (unpaired) electrons. The maximum absolute atomic E-state index is 6.09. The van der Waals surface area contributed by atoms with Crippen LogP contribution in [0.25, 0.3) is 11.3 Å². The highest BCUT2D eigenvalue weighted by atomic mass is 35.5. The zero-order valence-corrected chi connectivity index (χ0v) is 9.97. The Bertz CT molecular complexity index is 484. The highest BCUT2D eigenvalue weighted by Crippen LogP contribution is 2.29. The van der Waals surface area contributed by atoms with Gasteiger partial charge in [0.2, 0.25) is 0 Å². The third-order valence-corrected chi connectivity index (χ3v) is 2.87. The van der Waals surface area contributed by atoms with Crippen LogP contribution in [0.3, 0.4) is 0 Å². The van der Waals surface area contributed by atoms with Crippen molar-refractivity contribution in [1.29, 1.82) is 0 Å². The highest BCUT2D eigenvalue weighted by molar-refractivity contribution is 6.36. The van der Waals surface area contributed by atoms with Crippen molar-refractivity contribution in [2.24, 2.45) is 7.05 Å². The maximum atomic E-state index is 6.09. The summed E-state index contributed by atoms with van der Waals surface area (Å²) in [5, 5.41) is 5.62.